The van der Waals surface area contributed by atoms with Crippen LogP contribution in [0.4, 0.5) is 0 Å². The lowest BCUT2D eigenvalue weighted by atomic mass is 9.97. The topological polar surface area (TPSA) is 57.6 Å². The molecule has 5 heteroatoms. The molecule has 1 aromatic carbocycles. The van der Waals surface area contributed by atoms with E-state index in [2.05, 4.69) is 6.92 Å². The zero-order valence-electron chi connectivity index (χ0n) is 13.0. The molecule has 1 aliphatic heterocycles. The molecule has 1 heterocycles. The molecule has 0 aromatic heterocycles. The Kier molecular flexibility index (Phi) is 5.07. The van der Waals surface area contributed by atoms with Crippen LogP contribution in [0.15, 0.2) is 23.1 Å². The van der Waals surface area contributed by atoms with E-state index in [1.807, 2.05) is 19.9 Å². The van der Waals surface area contributed by atoms with Crippen molar-refractivity contribution in [1.29, 1.82) is 0 Å². The van der Waals surface area contributed by atoms with Crippen LogP contribution in [0.1, 0.15) is 44.7 Å². The van der Waals surface area contributed by atoms with Crippen LogP contribution < -0.4 is 0 Å². The number of rotatable bonds is 4. The van der Waals surface area contributed by atoms with Crippen LogP contribution in [0, 0.1) is 5.92 Å². The number of sulfonamides is 1. The first kappa shape index (κ1) is 16.5. The predicted octanol–water partition coefficient (Wildman–Crippen LogP) is 2.55. The van der Waals surface area contributed by atoms with E-state index in [4.69, 9.17) is 0 Å². The van der Waals surface area contributed by atoms with E-state index in [9.17, 15) is 13.5 Å². The summed E-state index contributed by atoms with van der Waals surface area (Å²) in [6.07, 6.45) is 2.64. The van der Waals surface area contributed by atoms with E-state index < -0.39 is 10.0 Å². The van der Waals surface area contributed by atoms with Crippen molar-refractivity contribution in [3.05, 3.63) is 29.3 Å². The number of nitrogens with zero attached hydrogens (tertiary/aromatic N) is 1. The maximum atomic E-state index is 13.0. The van der Waals surface area contributed by atoms with E-state index in [1.165, 1.54) is 0 Å². The van der Waals surface area contributed by atoms with E-state index in [-0.39, 0.29) is 12.6 Å². The number of piperidine rings is 1. The van der Waals surface area contributed by atoms with Crippen molar-refractivity contribution in [3.63, 3.8) is 0 Å². The molecular weight excluding hydrogens is 286 g/mol. The Hall–Kier alpha value is -0.910. The highest BCUT2D eigenvalue weighted by atomic mass is 32.2. The Morgan fingerprint density at radius 3 is 2.62 bits per heavy atom. The third-order valence-corrected chi connectivity index (χ3v) is 6.40. The number of aliphatic hydroxyl groups is 1. The van der Waals surface area contributed by atoms with E-state index in [0.29, 0.717) is 29.3 Å². The SMILES string of the molecule is CCc1ccc(CO)cc1S(=O)(=O)N1CC(C)CCC1C. The van der Waals surface area contributed by atoms with Gasteiger partial charge in [-0.3, -0.25) is 0 Å². The summed E-state index contributed by atoms with van der Waals surface area (Å²) in [5, 5.41) is 9.29. The molecule has 21 heavy (non-hydrogen) atoms. The van der Waals surface area contributed by atoms with Crippen LogP contribution >= 0.6 is 0 Å². The number of benzene rings is 1. The zero-order chi connectivity index (χ0) is 15.6. The molecule has 2 rings (SSSR count). The van der Waals surface area contributed by atoms with Gasteiger partial charge in [0.15, 0.2) is 0 Å². The van der Waals surface area contributed by atoms with Gasteiger partial charge in [-0.1, -0.05) is 26.0 Å². The second kappa shape index (κ2) is 6.46. The summed E-state index contributed by atoms with van der Waals surface area (Å²) in [6, 6.07) is 5.27. The van der Waals surface area contributed by atoms with Gasteiger partial charge in [-0.2, -0.15) is 4.31 Å². The monoisotopic (exact) mass is 311 g/mol. The van der Waals surface area contributed by atoms with Crippen LogP contribution in [0.2, 0.25) is 0 Å². The number of hydrogen-bond donors (Lipinski definition) is 1. The summed E-state index contributed by atoms with van der Waals surface area (Å²) in [6.45, 7) is 6.47. The van der Waals surface area contributed by atoms with Crippen molar-refractivity contribution in [1.82, 2.24) is 4.31 Å². The highest BCUT2D eigenvalue weighted by Crippen LogP contribution is 2.30. The zero-order valence-corrected chi connectivity index (χ0v) is 13.9. The molecule has 118 valence electrons. The van der Waals surface area contributed by atoms with Gasteiger partial charge in [-0.05, 0) is 49.3 Å². The van der Waals surface area contributed by atoms with Gasteiger partial charge in [-0.15, -0.1) is 0 Å². The molecule has 1 aromatic rings. The molecule has 0 aliphatic carbocycles. The first-order valence-electron chi connectivity index (χ1n) is 7.64. The Morgan fingerprint density at radius 1 is 1.29 bits per heavy atom. The second-order valence-corrected chi connectivity index (χ2v) is 7.92. The van der Waals surface area contributed by atoms with Crippen molar-refractivity contribution in [3.8, 4) is 0 Å². The predicted molar refractivity (Wildman–Crippen MR) is 83.5 cm³/mol. The Labute approximate surface area is 127 Å². The Morgan fingerprint density at radius 2 is 2.00 bits per heavy atom. The third-order valence-electron chi connectivity index (χ3n) is 4.34. The standard InChI is InChI=1S/C16H25NO3S/c1-4-15-8-7-14(11-18)9-16(15)21(19,20)17-10-12(2)5-6-13(17)3/h7-9,12-13,18H,4-6,10-11H2,1-3H3. The molecule has 0 bridgehead atoms. The minimum Gasteiger partial charge on any atom is -0.392 e. The molecule has 2 unspecified atom stereocenters. The fourth-order valence-corrected chi connectivity index (χ4v) is 5.07. The maximum absolute atomic E-state index is 13.0. The lowest BCUT2D eigenvalue weighted by Gasteiger charge is -2.36. The van der Waals surface area contributed by atoms with Crippen LogP contribution in [-0.4, -0.2) is 30.4 Å². The molecule has 1 N–H and O–H groups in total. The smallest absolute Gasteiger partial charge is 0.243 e. The quantitative estimate of drug-likeness (QED) is 0.929. The third kappa shape index (κ3) is 3.30. The molecule has 0 amide bonds. The average molecular weight is 311 g/mol. The van der Waals surface area contributed by atoms with Gasteiger partial charge in [0.05, 0.1) is 11.5 Å². The highest BCUT2D eigenvalue weighted by Gasteiger charge is 2.34. The highest BCUT2D eigenvalue weighted by molar-refractivity contribution is 7.89. The van der Waals surface area contributed by atoms with Crippen molar-refractivity contribution < 1.29 is 13.5 Å². The van der Waals surface area contributed by atoms with E-state index >= 15 is 0 Å². The van der Waals surface area contributed by atoms with Gasteiger partial charge < -0.3 is 5.11 Å². The molecule has 0 spiro atoms. The van der Waals surface area contributed by atoms with Crippen molar-refractivity contribution in [2.45, 2.75) is 57.6 Å². The molecule has 0 saturated carbocycles. The molecule has 2 atom stereocenters. The second-order valence-electron chi connectivity index (χ2n) is 6.06. The van der Waals surface area contributed by atoms with Gasteiger partial charge in [0.1, 0.15) is 0 Å². The number of hydrogen-bond acceptors (Lipinski definition) is 3. The van der Waals surface area contributed by atoms with Crippen LogP contribution in [0.3, 0.4) is 0 Å². The number of aliphatic hydroxyl groups excluding tert-OH is 1. The van der Waals surface area contributed by atoms with Crippen molar-refractivity contribution in [2.75, 3.05) is 6.54 Å². The first-order valence-corrected chi connectivity index (χ1v) is 9.08. The van der Waals surface area contributed by atoms with Gasteiger partial charge in [0.2, 0.25) is 10.0 Å². The van der Waals surface area contributed by atoms with E-state index in [0.717, 1.165) is 18.4 Å². The van der Waals surface area contributed by atoms with Gasteiger partial charge in [0.25, 0.3) is 0 Å². The molecule has 1 saturated heterocycles. The summed E-state index contributed by atoms with van der Waals surface area (Å²) in [5.41, 5.74) is 1.46. The largest absolute Gasteiger partial charge is 0.392 e. The molecular formula is C16H25NO3S. The summed E-state index contributed by atoms with van der Waals surface area (Å²) < 4.78 is 27.7. The van der Waals surface area contributed by atoms with Crippen molar-refractivity contribution in [2.24, 2.45) is 5.92 Å². The maximum Gasteiger partial charge on any atom is 0.243 e. The average Bonchev–Trinajstić information content (AvgIpc) is 2.48. The summed E-state index contributed by atoms with van der Waals surface area (Å²) in [7, 11) is -3.50. The fourth-order valence-electron chi connectivity index (χ4n) is 2.94. The lowest BCUT2D eigenvalue weighted by Crippen LogP contribution is -2.45. The lowest BCUT2D eigenvalue weighted by molar-refractivity contribution is 0.218. The molecule has 4 nitrogen and oxygen atoms in total. The van der Waals surface area contributed by atoms with Gasteiger partial charge >= 0.3 is 0 Å². The van der Waals surface area contributed by atoms with Gasteiger partial charge in [-0.25, -0.2) is 8.42 Å². The number of aryl methyl sites for hydroxylation is 1. The Balaban J connectivity index is 2.47. The minimum absolute atomic E-state index is 0.0358. The summed E-state index contributed by atoms with van der Waals surface area (Å²) >= 11 is 0. The molecule has 1 aliphatic rings. The summed E-state index contributed by atoms with van der Waals surface area (Å²) in [4.78, 5) is 0.359. The Bertz CT molecular complexity index is 598. The van der Waals surface area contributed by atoms with Crippen LogP contribution in [0.25, 0.3) is 0 Å². The first-order chi connectivity index (χ1) is 9.90. The van der Waals surface area contributed by atoms with E-state index in [1.54, 1.807) is 16.4 Å². The minimum atomic E-state index is -3.50. The van der Waals surface area contributed by atoms with Crippen LogP contribution in [-0.2, 0) is 23.1 Å². The fraction of sp³-hybridized carbons (Fsp3) is 0.625. The van der Waals surface area contributed by atoms with Crippen LogP contribution in [0.5, 0.6) is 0 Å². The normalized spacial score (nSPS) is 24.2. The van der Waals surface area contributed by atoms with Gasteiger partial charge in [0, 0.05) is 12.6 Å². The summed E-state index contributed by atoms with van der Waals surface area (Å²) in [5.74, 6) is 0.391. The molecule has 0 radical (unpaired) electrons. The van der Waals surface area contributed by atoms with Crippen molar-refractivity contribution >= 4 is 10.0 Å². The molecule has 1 fully saturated rings.